The second kappa shape index (κ2) is 24.5. The van der Waals surface area contributed by atoms with Gasteiger partial charge >= 0.3 is 0 Å². The van der Waals surface area contributed by atoms with Crippen molar-refractivity contribution in [2.75, 3.05) is 13.2 Å². The molecule has 12 nitrogen and oxygen atoms in total. The number of benzene rings is 2. The van der Waals surface area contributed by atoms with E-state index in [1.807, 2.05) is 13.8 Å². The molecule has 2 aromatic rings. The molecule has 8 heterocycles. The monoisotopic (exact) mass is 1250 g/mol. The van der Waals surface area contributed by atoms with Gasteiger partial charge in [-0.05, 0) is 128 Å². The smallest absolute Gasteiger partial charge is 0.261 e. The number of rotatable bonds is 15. The molecule has 0 radical (unpaired) electrons. The highest BCUT2D eigenvalue weighted by molar-refractivity contribution is 6.99. The third kappa shape index (κ3) is 12.1. The fourth-order valence-corrected chi connectivity index (χ4v) is 35.1. The van der Waals surface area contributed by atoms with E-state index in [0.717, 1.165) is 32.1 Å². The summed E-state index contributed by atoms with van der Waals surface area (Å²) in [6, 6.07) is 22.1. The number of hydrogen-bond donors (Lipinski definition) is 0. The molecular weight excluding hydrogens is 1130 g/mol. The summed E-state index contributed by atoms with van der Waals surface area (Å²) in [5.41, 5.74) is -0.528. The second-order valence-electron chi connectivity index (χ2n) is 32.7. The zero-order chi connectivity index (χ0) is 62.6. The SMILES string of the molecule is CC(C)[Si](O[C@H]1C[C@H]2O[C@H]3C[C@@H](C)C[C@H]4O[C@@](C)(CO[Si](c5ccccc5)(c5ccccc5)C(C)(C)C)[C@H](O[Si](C(C)C)(C(C)C)C(C)C)C[C@@H]4O[C@@H]3C[C@@H]2O[C@@H]2C[C@]3(C)O[C@]4(C)CC[C@@]5(COC(C)(C)O5)O[C@H]4CC[C@H]3O[C@@]12C)(C(C)C)C(C)C. The average Bonchev–Trinajstić information content (AvgIpc) is 1.40. The second-order valence-corrected chi connectivity index (χ2v) is 47.9. The molecule has 0 bridgehead atoms. The lowest BCUT2D eigenvalue weighted by molar-refractivity contribution is -0.349. The van der Waals surface area contributed by atoms with Crippen molar-refractivity contribution in [1.29, 1.82) is 0 Å². The largest absolute Gasteiger partial charge is 0.410 e. The average molecular weight is 1250 g/mol. The zero-order valence-corrected chi connectivity index (χ0v) is 60.6. The molecule has 17 atom stereocenters. The summed E-state index contributed by atoms with van der Waals surface area (Å²) in [6.45, 7) is 52.1. The van der Waals surface area contributed by atoms with Crippen LogP contribution in [-0.2, 0) is 55.9 Å². The summed E-state index contributed by atoms with van der Waals surface area (Å²) >= 11 is 0. The van der Waals surface area contributed by atoms with Crippen molar-refractivity contribution in [2.45, 2.75) is 356 Å². The Kier molecular flexibility index (Phi) is 19.2. The maximum Gasteiger partial charge on any atom is 0.261 e. The molecule has 86 heavy (non-hydrogen) atoms. The van der Waals surface area contributed by atoms with Gasteiger partial charge in [-0.2, -0.15) is 0 Å². The fraction of sp³-hybridized carbons (Fsp3) is 0.831. The number of fused-ring (bicyclic) bond motifs is 6. The van der Waals surface area contributed by atoms with Crippen LogP contribution in [0, 0.1) is 5.92 Å². The summed E-state index contributed by atoms with van der Waals surface area (Å²) in [7, 11) is -7.94. The lowest BCUT2D eigenvalue weighted by atomic mass is 9.76. The molecule has 8 saturated heterocycles. The maximum absolute atomic E-state index is 8.10. The standard InChI is InChI=1S/C71H118O12Si3/c1-45(2)84(46(3)4,47(5)6)80-62-40-58-59(77-69(62,21)43-73-86(65(14,15)16,52-29-25-23-26-30-52)53-31-27-24-28-32-53)38-51(13)37-54-55(75-58)39-56-57(74-54)41-63(81-85(48(7)8,49(9)10)50(11)12)70(22)64(76-56)42-68(20)61(78-70)34-33-60-67(19,83-68)35-36-71(79-60)44-72-66(17,18)82-71/h23-32,45-51,54-64H,33-44H2,1-22H3/t51-,54+,55-,56+,57-,58+,59-,60+,61-,62-,63+,64-,67-,68+,69+,70+,71-/m1/s1. The van der Waals surface area contributed by atoms with Crippen molar-refractivity contribution < 1.29 is 55.9 Å². The Morgan fingerprint density at radius 3 is 1.49 bits per heavy atom. The van der Waals surface area contributed by atoms with Gasteiger partial charge in [0.25, 0.3) is 8.32 Å². The molecule has 8 fully saturated rings. The molecule has 0 aliphatic carbocycles. The van der Waals surface area contributed by atoms with Crippen LogP contribution >= 0.6 is 0 Å². The Morgan fingerprint density at radius 1 is 0.512 bits per heavy atom. The van der Waals surface area contributed by atoms with Gasteiger partial charge in [0.15, 0.2) is 11.6 Å². The van der Waals surface area contributed by atoms with Crippen molar-refractivity contribution in [3.63, 3.8) is 0 Å². The summed E-state index contributed by atoms with van der Waals surface area (Å²) in [4.78, 5) is 0. The molecule has 0 aromatic heterocycles. The van der Waals surface area contributed by atoms with Gasteiger partial charge in [-0.3, -0.25) is 0 Å². The summed E-state index contributed by atoms with van der Waals surface area (Å²) in [5.74, 6) is -1.19. The Labute approximate surface area is 524 Å². The van der Waals surface area contributed by atoms with E-state index in [0.29, 0.717) is 84.5 Å². The molecule has 0 amide bonds. The van der Waals surface area contributed by atoms with Gasteiger partial charge in [0.1, 0.15) is 17.8 Å². The summed E-state index contributed by atoms with van der Waals surface area (Å²) in [5, 5.41) is 2.32. The van der Waals surface area contributed by atoms with Gasteiger partial charge in [-0.1, -0.05) is 171 Å². The van der Waals surface area contributed by atoms with Crippen LogP contribution in [0.4, 0.5) is 0 Å². The minimum Gasteiger partial charge on any atom is -0.410 e. The molecule has 486 valence electrons. The molecule has 0 unspecified atom stereocenters. The van der Waals surface area contributed by atoms with Gasteiger partial charge < -0.3 is 55.9 Å². The first kappa shape index (κ1) is 67.5. The van der Waals surface area contributed by atoms with E-state index < -0.39 is 58.9 Å². The van der Waals surface area contributed by atoms with Gasteiger partial charge in [-0.15, -0.1) is 0 Å². The lowest BCUT2D eigenvalue weighted by Crippen LogP contribution is -2.70. The van der Waals surface area contributed by atoms with E-state index in [4.69, 9.17) is 55.9 Å². The van der Waals surface area contributed by atoms with Crippen LogP contribution in [-0.4, -0.2) is 139 Å². The first-order valence-corrected chi connectivity index (χ1v) is 40.4. The normalized spacial score (nSPS) is 39.7. The first-order valence-electron chi connectivity index (χ1n) is 34.2. The molecule has 0 saturated carbocycles. The van der Waals surface area contributed by atoms with E-state index in [1.165, 1.54) is 10.4 Å². The Hall–Kier alpha value is -1.39. The van der Waals surface area contributed by atoms with E-state index >= 15 is 0 Å². The zero-order valence-electron chi connectivity index (χ0n) is 57.6. The molecule has 8 aliphatic rings. The highest BCUT2D eigenvalue weighted by Gasteiger charge is 2.67. The van der Waals surface area contributed by atoms with E-state index in [9.17, 15) is 0 Å². The highest BCUT2D eigenvalue weighted by Crippen LogP contribution is 2.57. The van der Waals surface area contributed by atoms with Crippen molar-refractivity contribution in [3.8, 4) is 0 Å². The van der Waals surface area contributed by atoms with Gasteiger partial charge in [0.2, 0.25) is 16.6 Å². The van der Waals surface area contributed by atoms with Crippen LogP contribution < -0.4 is 10.4 Å². The fourth-order valence-electron chi connectivity index (χ4n) is 19.1. The molecule has 1 spiro atoms. The third-order valence-electron chi connectivity index (χ3n) is 23.3. The molecule has 15 heteroatoms. The molecule has 0 N–H and O–H groups in total. The minimum absolute atomic E-state index is 0.132. The quantitative estimate of drug-likeness (QED) is 0.158. The van der Waals surface area contributed by atoms with Crippen LogP contribution in [0.15, 0.2) is 60.7 Å². The Bertz CT molecular complexity index is 2510. The Balaban J connectivity index is 0.985. The number of hydrogen-bond acceptors (Lipinski definition) is 12. The molecule has 8 aliphatic heterocycles. The van der Waals surface area contributed by atoms with Crippen molar-refractivity contribution in [2.24, 2.45) is 5.92 Å². The van der Waals surface area contributed by atoms with E-state index in [-0.39, 0.29) is 72.2 Å². The first-order chi connectivity index (χ1) is 40.1. The maximum atomic E-state index is 8.10. The number of ether oxygens (including phenoxy) is 9. The lowest BCUT2D eigenvalue weighted by Gasteiger charge is -2.57. The van der Waals surface area contributed by atoms with Crippen LogP contribution in [0.2, 0.25) is 38.3 Å². The van der Waals surface area contributed by atoms with Crippen molar-refractivity contribution >= 4 is 35.3 Å². The predicted molar refractivity (Wildman–Crippen MR) is 350 cm³/mol. The summed E-state index contributed by atoms with van der Waals surface area (Å²) in [6.07, 6.45) is 4.92. The van der Waals surface area contributed by atoms with Crippen LogP contribution in [0.5, 0.6) is 0 Å². The van der Waals surface area contributed by atoms with Crippen LogP contribution in [0.1, 0.15) is 217 Å². The molecule has 10 rings (SSSR count). The van der Waals surface area contributed by atoms with Crippen LogP contribution in [0.3, 0.4) is 0 Å². The minimum atomic E-state index is -2.97. The highest BCUT2D eigenvalue weighted by atomic mass is 28.4. The van der Waals surface area contributed by atoms with Gasteiger partial charge in [0.05, 0.1) is 85.0 Å². The van der Waals surface area contributed by atoms with Crippen molar-refractivity contribution in [1.82, 2.24) is 0 Å². The molecule has 2 aromatic carbocycles. The van der Waals surface area contributed by atoms with E-state index in [2.05, 4.69) is 199 Å². The third-order valence-corrected chi connectivity index (χ3v) is 40.5. The molecular formula is C71H118O12Si3. The van der Waals surface area contributed by atoms with E-state index in [1.54, 1.807) is 0 Å². The predicted octanol–water partition coefficient (Wildman–Crippen LogP) is 15.3. The van der Waals surface area contributed by atoms with Gasteiger partial charge in [-0.25, -0.2) is 0 Å². The topological polar surface area (TPSA) is 111 Å². The Morgan fingerprint density at radius 2 is 0.977 bits per heavy atom. The van der Waals surface area contributed by atoms with Gasteiger partial charge in [0, 0.05) is 32.1 Å². The van der Waals surface area contributed by atoms with Crippen molar-refractivity contribution in [3.05, 3.63) is 60.7 Å². The summed E-state index contributed by atoms with van der Waals surface area (Å²) < 4.78 is 90.4. The van der Waals surface area contributed by atoms with Crippen LogP contribution in [0.25, 0.3) is 0 Å².